The summed E-state index contributed by atoms with van der Waals surface area (Å²) < 4.78 is 5.85. The molecule has 1 aliphatic heterocycles. The van der Waals surface area contributed by atoms with E-state index in [2.05, 4.69) is 43.4 Å². The number of para-hydroxylation sites is 1. The van der Waals surface area contributed by atoms with E-state index < -0.39 is 0 Å². The Morgan fingerprint density at radius 1 is 1.25 bits per heavy atom. The number of benzene rings is 1. The summed E-state index contributed by atoms with van der Waals surface area (Å²) in [5, 5.41) is 0. The van der Waals surface area contributed by atoms with Crippen LogP contribution in [0.5, 0.6) is 5.75 Å². The van der Waals surface area contributed by atoms with Crippen molar-refractivity contribution in [1.82, 2.24) is 0 Å². The second-order valence-corrected chi connectivity index (χ2v) is 3.88. The molecule has 84 valence electrons. The van der Waals surface area contributed by atoms with Crippen LogP contribution < -0.4 is 4.74 Å². The minimum Gasteiger partial charge on any atom is -0.460 e. The predicted octanol–water partition coefficient (Wildman–Crippen LogP) is 4.34. The van der Waals surface area contributed by atoms with Gasteiger partial charge < -0.3 is 4.74 Å². The zero-order valence-electron chi connectivity index (χ0n) is 10.2. The monoisotopic (exact) mass is 214 g/mol. The molecule has 0 spiro atoms. The summed E-state index contributed by atoms with van der Waals surface area (Å²) >= 11 is 0. The standard InChI is InChI=1S/C13H12O.C2H6/c1-9-5-4-7-11-10-6-2-3-8-12(10)14-13(9)11;1-2/h2-5,7-8,10H,6H2,1H3;1-2H3. The number of hydrogen-bond donors (Lipinski definition) is 0. The summed E-state index contributed by atoms with van der Waals surface area (Å²) in [7, 11) is 0. The lowest BCUT2D eigenvalue weighted by atomic mass is 9.92. The van der Waals surface area contributed by atoms with Gasteiger partial charge in [-0.1, -0.05) is 44.2 Å². The van der Waals surface area contributed by atoms with E-state index in [-0.39, 0.29) is 0 Å². The van der Waals surface area contributed by atoms with Gasteiger partial charge in [0.25, 0.3) is 0 Å². The van der Waals surface area contributed by atoms with Crippen LogP contribution in [0.15, 0.2) is 42.2 Å². The van der Waals surface area contributed by atoms with Gasteiger partial charge in [0.1, 0.15) is 11.5 Å². The fourth-order valence-electron chi connectivity index (χ4n) is 2.20. The summed E-state index contributed by atoms with van der Waals surface area (Å²) in [5.41, 5.74) is 2.58. The minimum atomic E-state index is 0.467. The molecule has 16 heavy (non-hydrogen) atoms. The molecule has 0 saturated carbocycles. The van der Waals surface area contributed by atoms with E-state index >= 15 is 0 Å². The Morgan fingerprint density at radius 3 is 2.88 bits per heavy atom. The topological polar surface area (TPSA) is 9.23 Å². The number of hydrogen-bond acceptors (Lipinski definition) is 1. The second kappa shape index (κ2) is 4.56. The maximum Gasteiger partial charge on any atom is 0.133 e. The van der Waals surface area contributed by atoms with E-state index in [0.29, 0.717) is 5.92 Å². The van der Waals surface area contributed by atoms with Crippen molar-refractivity contribution in [2.45, 2.75) is 33.1 Å². The molecule has 3 rings (SSSR count). The number of ether oxygens (including phenoxy) is 1. The van der Waals surface area contributed by atoms with Gasteiger partial charge >= 0.3 is 0 Å². The first-order chi connectivity index (χ1) is 7.86. The van der Waals surface area contributed by atoms with Crippen LogP contribution in [-0.2, 0) is 0 Å². The first kappa shape index (κ1) is 11.0. The van der Waals surface area contributed by atoms with Crippen LogP contribution in [0.25, 0.3) is 0 Å². The fraction of sp³-hybridized carbons (Fsp3) is 0.333. The molecule has 1 nitrogen and oxygen atoms in total. The third kappa shape index (κ3) is 1.67. The Kier molecular flexibility index (Phi) is 3.14. The van der Waals surface area contributed by atoms with Crippen molar-refractivity contribution in [3.63, 3.8) is 0 Å². The Balaban J connectivity index is 0.000000457. The molecular formula is C15H18O. The van der Waals surface area contributed by atoms with Crippen molar-refractivity contribution in [1.29, 1.82) is 0 Å². The van der Waals surface area contributed by atoms with Gasteiger partial charge in [-0.2, -0.15) is 0 Å². The molecule has 2 aliphatic rings. The molecule has 0 radical (unpaired) electrons. The van der Waals surface area contributed by atoms with Crippen molar-refractivity contribution in [2.24, 2.45) is 0 Å². The summed E-state index contributed by atoms with van der Waals surface area (Å²) in [6.45, 7) is 6.10. The van der Waals surface area contributed by atoms with Crippen molar-refractivity contribution in [3.05, 3.63) is 53.3 Å². The first-order valence-corrected chi connectivity index (χ1v) is 6.00. The lowest BCUT2D eigenvalue weighted by Gasteiger charge is -2.10. The molecule has 0 aromatic heterocycles. The Hall–Kier alpha value is -1.50. The Morgan fingerprint density at radius 2 is 2.06 bits per heavy atom. The zero-order valence-corrected chi connectivity index (χ0v) is 10.2. The molecule has 0 saturated heterocycles. The van der Waals surface area contributed by atoms with E-state index in [1.165, 1.54) is 11.1 Å². The lowest BCUT2D eigenvalue weighted by Crippen LogP contribution is -1.99. The highest BCUT2D eigenvalue weighted by molar-refractivity contribution is 5.52. The van der Waals surface area contributed by atoms with Gasteiger partial charge in [0.15, 0.2) is 0 Å². The first-order valence-electron chi connectivity index (χ1n) is 6.00. The minimum absolute atomic E-state index is 0.467. The molecule has 1 unspecified atom stereocenters. The van der Waals surface area contributed by atoms with E-state index in [4.69, 9.17) is 4.74 Å². The van der Waals surface area contributed by atoms with E-state index in [1.807, 2.05) is 13.8 Å². The largest absolute Gasteiger partial charge is 0.460 e. The number of fused-ring (bicyclic) bond motifs is 3. The summed E-state index contributed by atoms with van der Waals surface area (Å²) in [6.07, 6.45) is 7.43. The van der Waals surface area contributed by atoms with Crippen molar-refractivity contribution in [2.75, 3.05) is 0 Å². The SMILES string of the molecule is CC.Cc1cccc2c1OC1=CC=CCC12. The lowest BCUT2D eigenvalue weighted by molar-refractivity contribution is 0.423. The van der Waals surface area contributed by atoms with Crippen LogP contribution in [0.2, 0.25) is 0 Å². The normalized spacial score (nSPS) is 19.9. The third-order valence-electron chi connectivity index (χ3n) is 2.95. The van der Waals surface area contributed by atoms with Crippen molar-refractivity contribution >= 4 is 0 Å². The Bertz CT molecular complexity index is 441. The molecule has 0 fully saturated rings. The Labute approximate surface area is 97.4 Å². The molecule has 0 bridgehead atoms. The van der Waals surface area contributed by atoms with Crippen LogP contribution in [0, 0.1) is 6.92 Å². The molecule has 0 N–H and O–H groups in total. The maximum absolute atomic E-state index is 5.85. The van der Waals surface area contributed by atoms with Gasteiger partial charge in [0, 0.05) is 11.5 Å². The summed E-state index contributed by atoms with van der Waals surface area (Å²) in [5.74, 6) is 2.65. The van der Waals surface area contributed by atoms with Gasteiger partial charge in [-0.25, -0.2) is 0 Å². The van der Waals surface area contributed by atoms with Crippen LogP contribution in [-0.4, -0.2) is 0 Å². The van der Waals surface area contributed by atoms with Crippen LogP contribution in [0.3, 0.4) is 0 Å². The second-order valence-electron chi connectivity index (χ2n) is 3.88. The van der Waals surface area contributed by atoms with Gasteiger partial charge in [0.05, 0.1) is 0 Å². The summed E-state index contributed by atoms with van der Waals surface area (Å²) in [4.78, 5) is 0. The van der Waals surface area contributed by atoms with E-state index in [9.17, 15) is 0 Å². The fourth-order valence-corrected chi connectivity index (χ4v) is 2.20. The quantitative estimate of drug-likeness (QED) is 0.624. The van der Waals surface area contributed by atoms with Crippen molar-refractivity contribution in [3.8, 4) is 5.75 Å². The number of rotatable bonds is 0. The summed E-state index contributed by atoms with van der Waals surface area (Å²) in [6, 6.07) is 6.38. The van der Waals surface area contributed by atoms with Crippen LogP contribution >= 0.6 is 0 Å². The van der Waals surface area contributed by atoms with E-state index in [0.717, 1.165) is 17.9 Å². The average molecular weight is 214 g/mol. The number of aryl methyl sites for hydroxylation is 1. The molecule has 1 heterocycles. The average Bonchev–Trinajstić information content (AvgIpc) is 2.72. The number of allylic oxidation sites excluding steroid dienone is 4. The third-order valence-corrected chi connectivity index (χ3v) is 2.95. The highest BCUT2D eigenvalue weighted by Gasteiger charge is 2.30. The molecule has 1 atom stereocenters. The van der Waals surface area contributed by atoms with Gasteiger partial charge in [-0.3, -0.25) is 0 Å². The highest BCUT2D eigenvalue weighted by Crippen LogP contribution is 2.45. The smallest absolute Gasteiger partial charge is 0.133 e. The van der Waals surface area contributed by atoms with Crippen LogP contribution in [0.1, 0.15) is 37.3 Å². The maximum atomic E-state index is 5.85. The van der Waals surface area contributed by atoms with E-state index in [1.54, 1.807) is 0 Å². The molecular weight excluding hydrogens is 196 g/mol. The molecule has 0 amide bonds. The van der Waals surface area contributed by atoms with Gasteiger partial charge in [-0.15, -0.1) is 0 Å². The van der Waals surface area contributed by atoms with Gasteiger partial charge in [-0.05, 0) is 25.0 Å². The molecule has 1 aromatic rings. The van der Waals surface area contributed by atoms with Gasteiger partial charge in [0.2, 0.25) is 0 Å². The zero-order chi connectivity index (χ0) is 11.5. The van der Waals surface area contributed by atoms with Crippen LogP contribution in [0.4, 0.5) is 0 Å². The highest BCUT2D eigenvalue weighted by atomic mass is 16.5. The van der Waals surface area contributed by atoms with Crippen molar-refractivity contribution < 1.29 is 4.74 Å². The molecule has 1 aromatic carbocycles. The predicted molar refractivity (Wildman–Crippen MR) is 67.7 cm³/mol. The molecule has 1 aliphatic carbocycles. The molecule has 1 heteroatoms.